The zero-order valence-electron chi connectivity index (χ0n) is 9.58. The molecule has 3 nitrogen and oxygen atoms in total. The predicted molar refractivity (Wildman–Crippen MR) is 64.5 cm³/mol. The third-order valence-corrected chi connectivity index (χ3v) is 4.40. The van der Waals surface area contributed by atoms with Crippen molar-refractivity contribution in [3.63, 3.8) is 0 Å². The van der Waals surface area contributed by atoms with Crippen LogP contribution in [0.4, 0.5) is 0 Å². The molecule has 1 heterocycles. The van der Waals surface area contributed by atoms with E-state index < -0.39 is 0 Å². The summed E-state index contributed by atoms with van der Waals surface area (Å²) in [5.41, 5.74) is 0. The van der Waals surface area contributed by atoms with Gasteiger partial charge in [-0.25, -0.2) is 9.03 Å². The Morgan fingerprint density at radius 1 is 1.13 bits per heavy atom. The Labute approximate surface area is 97.2 Å². The topological polar surface area (TPSA) is 24.5 Å². The maximum absolute atomic E-state index is 5.32. The average molecular weight is 230 g/mol. The summed E-state index contributed by atoms with van der Waals surface area (Å²) in [5.74, 6) is 0.941. The zero-order valence-corrected chi connectivity index (χ0v) is 10.4. The number of rotatable bonds is 3. The second-order valence-corrected chi connectivity index (χ2v) is 5.64. The van der Waals surface area contributed by atoms with Crippen molar-refractivity contribution in [2.24, 2.45) is 5.92 Å². The molecule has 1 aliphatic heterocycles. The number of hydrogen-bond donors (Lipinski definition) is 1. The van der Waals surface area contributed by atoms with Crippen molar-refractivity contribution >= 4 is 12.1 Å². The summed E-state index contributed by atoms with van der Waals surface area (Å²) in [5, 5.41) is 0. The van der Waals surface area contributed by atoms with Crippen molar-refractivity contribution in [3.05, 3.63) is 0 Å². The van der Waals surface area contributed by atoms with Crippen LogP contribution in [-0.2, 0) is 4.74 Å². The Balaban J connectivity index is 1.60. The second-order valence-electron chi connectivity index (χ2n) is 4.71. The zero-order chi connectivity index (χ0) is 10.5. The summed E-state index contributed by atoms with van der Waals surface area (Å²) in [6, 6.07) is 0.731. The molecular formula is C11H22N2OS. The smallest absolute Gasteiger partial charge is 0.0603 e. The van der Waals surface area contributed by atoms with E-state index in [4.69, 9.17) is 4.74 Å². The van der Waals surface area contributed by atoms with E-state index in [9.17, 15) is 0 Å². The largest absolute Gasteiger partial charge is 0.379 e. The van der Waals surface area contributed by atoms with Gasteiger partial charge in [0.25, 0.3) is 0 Å². The van der Waals surface area contributed by atoms with E-state index >= 15 is 0 Å². The summed E-state index contributed by atoms with van der Waals surface area (Å²) in [6.45, 7) is 6.25. The van der Waals surface area contributed by atoms with Crippen molar-refractivity contribution < 1.29 is 4.74 Å². The summed E-state index contributed by atoms with van der Waals surface area (Å²) < 4.78 is 11.3. The lowest BCUT2D eigenvalue weighted by molar-refractivity contribution is 0.0768. The van der Waals surface area contributed by atoms with Crippen LogP contribution in [0, 0.1) is 5.92 Å². The summed E-state index contributed by atoms with van der Waals surface area (Å²) in [7, 11) is 0. The van der Waals surface area contributed by atoms with E-state index in [-0.39, 0.29) is 0 Å². The van der Waals surface area contributed by atoms with E-state index in [1.807, 2.05) is 12.1 Å². The maximum atomic E-state index is 5.32. The molecule has 1 saturated carbocycles. The Bertz CT molecular complexity index is 177. The minimum Gasteiger partial charge on any atom is -0.379 e. The lowest BCUT2D eigenvalue weighted by Gasteiger charge is -2.30. The molecule has 2 aliphatic rings. The van der Waals surface area contributed by atoms with Crippen LogP contribution in [0.1, 0.15) is 32.6 Å². The van der Waals surface area contributed by atoms with Crippen LogP contribution < -0.4 is 4.72 Å². The molecule has 0 aromatic carbocycles. The molecule has 2 rings (SSSR count). The highest BCUT2D eigenvalue weighted by molar-refractivity contribution is 7.95. The number of nitrogens with one attached hydrogen (secondary N) is 1. The van der Waals surface area contributed by atoms with Gasteiger partial charge in [-0.2, -0.15) is 0 Å². The molecule has 4 heteroatoms. The van der Waals surface area contributed by atoms with Gasteiger partial charge in [0.05, 0.1) is 13.2 Å². The Kier molecular flexibility index (Phi) is 4.75. The molecule has 0 radical (unpaired) electrons. The van der Waals surface area contributed by atoms with Crippen molar-refractivity contribution in [2.45, 2.75) is 38.6 Å². The molecule has 0 aromatic heterocycles. The summed E-state index contributed by atoms with van der Waals surface area (Å²) >= 11 is 1.81. The van der Waals surface area contributed by atoms with Gasteiger partial charge in [-0.05, 0) is 31.6 Å². The molecule has 1 N–H and O–H groups in total. The molecule has 0 aromatic rings. The van der Waals surface area contributed by atoms with Crippen molar-refractivity contribution in [1.29, 1.82) is 0 Å². The molecule has 2 fully saturated rings. The predicted octanol–water partition coefficient (Wildman–Crippen LogP) is 2.05. The van der Waals surface area contributed by atoms with E-state index in [2.05, 4.69) is 16.0 Å². The number of nitrogens with zero attached hydrogens (tertiary/aromatic N) is 1. The fraction of sp³-hybridized carbons (Fsp3) is 1.00. The highest BCUT2D eigenvalue weighted by Crippen LogP contribution is 2.25. The second kappa shape index (κ2) is 6.09. The minimum atomic E-state index is 0.731. The molecule has 15 heavy (non-hydrogen) atoms. The monoisotopic (exact) mass is 230 g/mol. The summed E-state index contributed by atoms with van der Waals surface area (Å²) in [6.07, 6.45) is 5.47. The fourth-order valence-electron chi connectivity index (χ4n) is 2.16. The molecule has 0 amide bonds. The highest BCUT2D eigenvalue weighted by Gasteiger charge is 2.19. The standard InChI is InChI=1S/C11H22N2OS/c1-10-2-4-11(5-3-10)12-15-13-6-8-14-9-7-13/h10-12H,2-9H2,1H3. The minimum absolute atomic E-state index is 0.731. The first-order valence-electron chi connectivity index (χ1n) is 6.10. The fourth-order valence-corrected chi connectivity index (χ4v) is 3.03. The van der Waals surface area contributed by atoms with Gasteiger partial charge in [0.1, 0.15) is 0 Å². The molecule has 0 bridgehead atoms. The van der Waals surface area contributed by atoms with Crippen LogP contribution in [-0.4, -0.2) is 36.7 Å². The highest BCUT2D eigenvalue weighted by atomic mass is 32.2. The quantitative estimate of drug-likeness (QED) is 0.750. The van der Waals surface area contributed by atoms with E-state index in [1.54, 1.807) is 0 Å². The van der Waals surface area contributed by atoms with E-state index in [0.29, 0.717) is 0 Å². The molecule has 1 saturated heterocycles. The Morgan fingerprint density at radius 3 is 2.47 bits per heavy atom. The van der Waals surface area contributed by atoms with Crippen LogP contribution in [0.25, 0.3) is 0 Å². The van der Waals surface area contributed by atoms with E-state index in [1.165, 1.54) is 25.7 Å². The Hall–Kier alpha value is 0.230. The van der Waals surface area contributed by atoms with Gasteiger partial charge < -0.3 is 4.74 Å². The lowest BCUT2D eigenvalue weighted by atomic mass is 9.88. The Morgan fingerprint density at radius 2 is 1.80 bits per heavy atom. The van der Waals surface area contributed by atoms with Gasteiger partial charge in [0.2, 0.25) is 0 Å². The molecule has 0 unspecified atom stereocenters. The van der Waals surface area contributed by atoms with Crippen LogP contribution in [0.2, 0.25) is 0 Å². The van der Waals surface area contributed by atoms with Gasteiger partial charge in [-0.1, -0.05) is 6.92 Å². The van der Waals surface area contributed by atoms with Crippen molar-refractivity contribution in [1.82, 2.24) is 9.03 Å². The number of morpholine rings is 1. The van der Waals surface area contributed by atoms with Gasteiger partial charge in [-0.3, -0.25) is 0 Å². The van der Waals surface area contributed by atoms with Crippen LogP contribution in [0.3, 0.4) is 0 Å². The van der Waals surface area contributed by atoms with Gasteiger partial charge in [-0.15, -0.1) is 0 Å². The third kappa shape index (κ3) is 3.94. The maximum Gasteiger partial charge on any atom is 0.0603 e. The molecular weight excluding hydrogens is 208 g/mol. The van der Waals surface area contributed by atoms with Crippen molar-refractivity contribution in [3.8, 4) is 0 Å². The van der Waals surface area contributed by atoms with Crippen LogP contribution in [0.5, 0.6) is 0 Å². The van der Waals surface area contributed by atoms with Crippen LogP contribution in [0.15, 0.2) is 0 Å². The first-order chi connectivity index (χ1) is 7.34. The van der Waals surface area contributed by atoms with Gasteiger partial charge >= 0.3 is 0 Å². The molecule has 0 spiro atoms. The third-order valence-electron chi connectivity index (χ3n) is 3.33. The summed E-state index contributed by atoms with van der Waals surface area (Å²) in [4.78, 5) is 0. The molecule has 1 aliphatic carbocycles. The molecule has 88 valence electrons. The number of hydrogen-bond acceptors (Lipinski definition) is 4. The first-order valence-corrected chi connectivity index (χ1v) is 6.87. The average Bonchev–Trinajstić information content (AvgIpc) is 2.30. The molecule has 0 atom stereocenters. The SMILES string of the molecule is CC1CCC(NSN2CCOCC2)CC1. The van der Waals surface area contributed by atoms with E-state index in [0.717, 1.165) is 38.3 Å². The van der Waals surface area contributed by atoms with Gasteiger partial charge in [0.15, 0.2) is 0 Å². The lowest BCUT2D eigenvalue weighted by Crippen LogP contribution is -2.37. The number of ether oxygens (including phenoxy) is 1. The van der Waals surface area contributed by atoms with Crippen molar-refractivity contribution in [2.75, 3.05) is 26.3 Å². The normalized spacial score (nSPS) is 34.2. The first kappa shape index (κ1) is 11.7. The van der Waals surface area contributed by atoms with Crippen LogP contribution >= 0.6 is 12.1 Å². The van der Waals surface area contributed by atoms with Gasteiger partial charge in [0, 0.05) is 31.3 Å².